The normalized spacial score (nSPS) is 11.3. The molecule has 0 spiro atoms. The van der Waals surface area contributed by atoms with Gasteiger partial charge in [-0.15, -0.1) is 0 Å². The Balaban J connectivity index is 2.50. The molecule has 0 saturated heterocycles. The van der Waals surface area contributed by atoms with Crippen molar-refractivity contribution in [3.63, 3.8) is 0 Å². The topological polar surface area (TPSA) is 120 Å². The highest BCUT2D eigenvalue weighted by Crippen LogP contribution is 2.37. The van der Waals surface area contributed by atoms with E-state index in [4.69, 9.17) is 61.0 Å². The van der Waals surface area contributed by atoms with Crippen molar-refractivity contribution >= 4 is 38.8 Å². The van der Waals surface area contributed by atoms with Gasteiger partial charge in [0.05, 0.1) is 100 Å². The van der Waals surface area contributed by atoms with Crippen LogP contribution in [0.4, 0.5) is 0 Å². The van der Waals surface area contributed by atoms with E-state index >= 15 is 0 Å². The summed E-state index contributed by atoms with van der Waals surface area (Å²) in [6, 6.07) is 16.5. The first-order valence-corrected chi connectivity index (χ1v) is 37.9. The second kappa shape index (κ2) is 46.0. The largest absolute Gasteiger partial charge is 0.493 e. The van der Waals surface area contributed by atoms with Crippen LogP contribution in [0.15, 0.2) is 48.5 Å². The fourth-order valence-corrected chi connectivity index (χ4v) is 16.5. The van der Waals surface area contributed by atoms with Crippen molar-refractivity contribution in [2.45, 2.75) is 237 Å². The minimum Gasteiger partial charge on any atom is -0.493 e. The maximum absolute atomic E-state index is 8.80. The predicted octanol–water partition coefficient (Wildman–Crippen LogP) is 16.2. The first-order valence-electron chi connectivity index (χ1n) is 34.6. The van der Waals surface area contributed by atoms with E-state index in [-0.39, 0.29) is 0 Å². The highest BCUT2D eigenvalue weighted by atomic mass is 28.4. The van der Waals surface area contributed by atoms with E-state index in [0.717, 1.165) is 175 Å². The minimum atomic E-state index is -3.44. The molecule has 87 heavy (non-hydrogen) atoms. The summed E-state index contributed by atoms with van der Waals surface area (Å²) in [4.78, 5) is 0. The Morgan fingerprint density at radius 1 is 0.195 bits per heavy atom. The Morgan fingerprint density at radius 3 is 0.448 bits per heavy atom. The number of rotatable bonds is 54. The van der Waals surface area contributed by atoms with Gasteiger partial charge in [-0.3, -0.25) is 0 Å². The summed E-state index contributed by atoms with van der Waals surface area (Å²) in [5, 5.41) is 3.30. The fraction of sp³-hybridized carbons (Fsp3) is 0.667. The van der Waals surface area contributed by atoms with Gasteiger partial charge in [0, 0.05) is 48.5 Å². The van der Waals surface area contributed by atoms with E-state index in [1.807, 2.05) is 0 Å². The molecule has 4 rings (SSSR count). The molecule has 0 aliphatic carbocycles. The van der Waals surface area contributed by atoms with Gasteiger partial charge in [-0.25, -0.2) is 0 Å². The first-order chi connectivity index (χ1) is 42.7. The quantitative estimate of drug-likeness (QED) is 0.0308. The average Bonchev–Trinajstić information content (AvgIpc) is 2.08. The van der Waals surface area contributed by atoms with Gasteiger partial charge in [-0.05, 0) is 77.0 Å². The van der Waals surface area contributed by atoms with Crippen molar-refractivity contribution < 1.29 is 61.0 Å². The lowest BCUT2D eigenvalue weighted by Gasteiger charge is -2.33. The van der Waals surface area contributed by atoms with Gasteiger partial charge in [0.2, 0.25) is 18.1 Å². The molecule has 0 bridgehead atoms. The third-order valence-corrected chi connectivity index (χ3v) is 21.3. The molecule has 0 N–H and O–H groups in total. The van der Waals surface area contributed by atoms with E-state index in [1.165, 1.54) is 0 Å². The van der Waals surface area contributed by atoms with Crippen molar-refractivity contribution in [2.75, 3.05) is 79.3 Å². The number of hydrogen-bond donors (Lipinski definition) is 0. The molecule has 15 heteroatoms. The highest BCUT2D eigenvalue weighted by Gasteiger charge is 2.42. The van der Waals surface area contributed by atoms with Gasteiger partial charge in [0.15, 0.2) is 0 Å². The standard InChI is InChI=1S/C72H118O13Si2/c1-13-25-37-73-57-49-61(77-41-29-17-5)69(62(50-57)78-42-30-18-6)86(70-63(79-43-31-19-7)51-58(74-38-26-14-2)52-64(70)80-44-32-20-8)85-87(71-65(81-45-33-21-9)53-59(75-39-27-15-3)54-66(71)82-46-34-22-10)72-67(83-47-35-23-11)55-60(76-40-28-16-4)56-68(72)84-48-36-24-12/h49-56,86-87H,13-48H2,1-12H3. The third kappa shape index (κ3) is 26.1. The molecule has 492 valence electrons. The van der Waals surface area contributed by atoms with Crippen LogP contribution in [0.5, 0.6) is 69.0 Å². The molecule has 4 aromatic carbocycles. The minimum absolute atomic E-state index is 0.469. The van der Waals surface area contributed by atoms with E-state index in [0.29, 0.717) is 148 Å². The number of hydrogen-bond acceptors (Lipinski definition) is 13. The molecule has 0 heterocycles. The molecule has 0 unspecified atom stereocenters. The van der Waals surface area contributed by atoms with Crippen LogP contribution >= 0.6 is 0 Å². The van der Waals surface area contributed by atoms with Crippen LogP contribution in [0, 0.1) is 0 Å². The summed E-state index contributed by atoms with van der Waals surface area (Å²) in [6.07, 6.45) is 21.8. The van der Waals surface area contributed by atoms with Gasteiger partial charge < -0.3 is 61.0 Å². The summed E-state index contributed by atoms with van der Waals surface area (Å²) in [5.74, 6) is 7.89. The lowest BCUT2D eigenvalue weighted by atomic mass is 10.2. The van der Waals surface area contributed by atoms with E-state index in [2.05, 4.69) is 132 Å². The molecular weight excluding hydrogens is 1130 g/mol. The Labute approximate surface area is 531 Å². The molecule has 0 aliphatic heterocycles. The second-order valence-electron chi connectivity index (χ2n) is 22.7. The number of unbranched alkanes of at least 4 members (excludes halogenated alkanes) is 12. The van der Waals surface area contributed by atoms with Crippen molar-refractivity contribution in [3.05, 3.63) is 48.5 Å². The smallest absolute Gasteiger partial charge is 0.244 e. The van der Waals surface area contributed by atoms with Crippen molar-refractivity contribution in [1.82, 2.24) is 0 Å². The number of ether oxygens (including phenoxy) is 12. The zero-order chi connectivity index (χ0) is 62.7. The van der Waals surface area contributed by atoms with Crippen LogP contribution in [-0.4, -0.2) is 97.4 Å². The summed E-state index contributed by atoms with van der Waals surface area (Å²) < 4.78 is 92.9. The Bertz CT molecular complexity index is 1980. The zero-order valence-corrected chi connectivity index (χ0v) is 58.8. The van der Waals surface area contributed by atoms with Gasteiger partial charge in [0.1, 0.15) is 69.0 Å². The monoisotopic (exact) mass is 1250 g/mol. The molecule has 0 aromatic heterocycles. The Kier molecular flexibility index (Phi) is 39.3. The molecule has 0 saturated carbocycles. The van der Waals surface area contributed by atoms with Crippen LogP contribution < -0.4 is 77.6 Å². The maximum atomic E-state index is 8.80. The zero-order valence-electron chi connectivity index (χ0n) is 56.5. The summed E-state index contributed by atoms with van der Waals surface area (Å²) >= 11 is 0. The molecular formula is C72H118O13Si2. The van der Waals surface area contributed by atoms with Crippen molar-refractivity contribution in [2.24, 2.45) is 0 Å². The molecule has 13 nitrogen and oxygen atoms in total. The first kappa shape index (κ1) is 74.3. The van der Waals surface area contributed by atoms with E-state index in [1.54, 1.807) is 0 Å². The van der Waals surface area contributed by atoms with Crippen LogP contribution in [0.2, 0.25) is 0 Å². The molecule has 0 fully saturated rings. The van der Waals surface area contributed by atoms with E-state index in [9.17, 15) is 0 Å². The van der Waals surface area contributed by atoms with Crippen molar-refractivity contribution in [3.8, 4) is 69.0 Å². The van der Waals surface area contributed by atoms with Gasteiger partial charge in [-0.1, -0.05) is 160 Å². The molecule has 0 radical (unpaired) electrons. The Morgan fingerprint density at radius 2 is 0.322 bits per heavy atom. The second-order valence-corrected chi connectivity index (χ2v) is 27.6. The maximum Gasteiger partial charge on any atom is 0.244 e. The SMILES string of the molecule is CCCCOc1cc(OCCCC)c([SiH](O[SiH](c2c(OCCCC)cc(OCCCC)cc2OCCCC)c2c(OCCCC)cc(OCCCC)cc2OCCCC)c2c(OCCCC)cc(OCCCC)cc2OCCCC)c(OCCCC)c1. The van der Waals surface area contributed by atoms with Crippen LogP contribution in [0.3, 0.4) is 0 Å². The van der Waals surface area contributed by atoms with Crippen LogP contribution in [0.25, 0.3) is 0 Å². The fourth-order valence-electron chi connectivity index (χ4n) is 9.28. The molecule has 0 amide bonds. The molecule has 0 atom stereocenters. The Hall–Kier alpha value is -5.13. The van der Waals surface area contributed by atoms with Crippen molar-refractivity contribution in [1.29, 1.82) is 0 Å². The summed E-state index contributed by atoms with van der Waals surface area (Å²) in [5.41, 5.74) is 0. The molecule has 4 aromatic rings. The average molecular weight is 1250 g/mol. The van der Waals surface area contributed by atoms with E-state index < -0.39 is 18.1 Å². The number of benzene rings is 4. The lowest BCUT2D eigenvalue weighted by Crippen LogP contribution is -2.58. The molecule has 0 aliphatic rings. The lowest BCUT2D eigenvalue weighted by molar-refractivity contribution is 0.281. The van der Waals surface area contributed by atoms with Gasteiger partial charge in [0.25, 0.3) is 0 Å². The van der Waals surface area contributed by atoms with Crippen LogP contribution in [-0.2, 0) is 4.12 Å². The van der Waals surface area contributed by atoms with Gasteiger partial charge in [-0.2, -0.15) is 0 Å². The summed E-state index contributed by atoms with van der Waals surface area (Å²) in [6.45, 7) is 32.2. The highest BCUT2D eigenvalue weighted by molar-refractivity contribution is 6.94. The predicted molar refractivity (Wildman–Crippen MR) is 365 cm³/mol. The third-order valence-electron chi connectivity index (χ3n) is 14.7. The van der Waals surface area contributed by atoms with Gasteiger partial charge >= 0.3 is 0 Å². The summed E-state index contributed by atoms with van der Waals surface area (Å²) in [7, 11) is -6.88. The van der Waals surface area contributed by atoms with Crippen LogP contribution in [0.1, 0.15) is 237 Å².